The van der Waals surface area contributed by atoms with Crippen molar-refractivity contribution in [2.75, 3.05) is 6.54 Å². The number of aromatic nitrogens is 2. The van der Waals surface area contributed by atoms with E-state index in [0.717, 1.165) is 26.9 Å². The van der Waals surface area contributed by atoms with Crippen LogP contribution in [0.5, 0.6) is 0 Å². The summed E-state index contributed by atoms with van der Waals surface area (Å²) in [6.07, 6.45) is 0. The van der Waals surface area contributed by atoms with Crippen molar-refractivity contribution in [1.82, 2.24) is 15.3 Å². The molecule has 0 fully saturated rings. The number of halogens is 1. The lowest BCUT2D eigenvalue weighted by Gasteiger charge is -2.17. The average molecular weight is 366 g/mol. The topological polar surface area (TPSA) is 60.7 Å². The molecule has 2 aromatic heterocycles. The van der Waals surface area contributed by atoms with Gasteiger partial charge >= 0.3 is 5.69 Å². The highest BCUT2D eigenvalue weighted by atomic mass is 79.9. The first-order valence-electron chi connectivity index (χ1n) is 6.79. The molecule has 110 valence electrons. The summed E-state index contributed by atoms with van der Waals surface area (Å²) in [7, 11) is 0. The Kier molecular flexibility index (Phi) is 4.01. The van der Waals surface area contributed by atoms with E-state index in [0.29, 0.717) is 0 Å². The fourth-order valence-electron chi connectivity index (χ4n) is 2.44. The Morgan fingerprint density at radius 1 is 1.29 bits per heavy atom. The Labute approximate surface area is 134 Å². The van der Waals surface area contributed by atoms with Crippen LogP contribution in [0.2, 0.25) is 0 Å². The standard InChI is InChI=1S/C15H16BrN3OS/c1-3-17-13(12-6-8(2)14(16)21-12)9-4-5-10-11(7-9)19-15(20)18-10/h4-7,13,17H,3H2,1-2H3,(H2,18,19,20). The molecule has 0 amide bonds. The Hall–Kier alpha value is -1.37. The van der Waals surface area contributed by atoms with Crippen LogP contribution in [0, 0.1) is 6.92 Å². The number of H-pyrrole nitrogens is 2. The first kappa shape index (κ1) is 14.6. The van der Waals surface area contributed by atoms with Gasteiger partial charge in [-0.25, -0.2) is 4.79 Å². The number of benzene rings is 1. The van der Waals surface area contributed by atoms with Crippen molar-refractivity contribution >= 4 is 38.3 Å². The fraction of sp³-hybridized carbons (Fsp3) is 0.267. The van der Waals surface area contributed by atoms with Gasteiger partial charge in [-0.15, -0.1) is 11.3 Å². The summed E-state index contributed by atoms with van der Waals surface area (Å²) in [5.74, 6) is 0. The normalized spacial score (nSPS) is 12.9. The van der Waals surface area contributed by atoms with E-state index < -0.39 is 0 Å². The summed E-state index contributed by atoms with van der Waals surface area (Å²) in [5, 5.41) is 3.51. The molecule has 0 saturated carbocycles. The number of aromatic amines is 2. The van der Waals surface area contributed by atoms with Gasteiger partial charge in [-0.2, -0.15) is 0 Å². The molecule has 3 N–H and O–H groups in total. The van der Waals surface area contributed by atoms with E-state index in [2.05, 4.69) is 57.2 Å². The molecule has 6 heteroatoms. The summed E-state index contributed by atoms with van der Waals surface area (Å²) in [5.41, 5.74) is 3.90. The van der Waals surface area contributed by atoms with Crippen LogP contribution in [0.4, 0.5) is 0 Å². The predicted octanol–water partition coefficient (Wildman–Crippen LogP) is 3.69. The summed E-state index contributed by atoms with van der Waals surface area (Å²) in [6, 6.07) is 8.37. The van der Waals surface area contributed by atoms with Gasteiger partial charge in [0.2, 0.25) is 0 Å². The Bertz CT molecular complexity index is 813. The molecule has 0 aliphatic rings. The van der Waals surface area contributed by atoms with Crippen molar-refractivity contribution in [1.29, 1.82) is 0 Å². The second-order valence-electron chi connectivity index (χ2n) is 4.98. The van der Waals surface area contributed by atoms with Gasteiger partial charge in [-0.1, -0.05) is 13.0 Å². The largest absolute Gasteiger partial charge is 0.323 e. The Morgan fingerprint density at radius 2 is 2.05 bits per heavy atom. The summed E-state index contributed by atoms with van der Waals surface area (Å²) < 4.78 is 1.16. The van der Waals surface area contributed by atoms with Crippen molar-refractivity contribution in [3.8, 4) is 0 Å². The number of hydrogen-bond acceptors (Lipinski definition) is 3. The first-order valence-corrected chi connectivity index (χ1v) is 8.40. The molecule has 21 heavy (non-hydrogen) atoms. The first-order chi connectivity index (χ1) is 10.1. The number of aryl methyl sites for hydroxylation is 1. The van der Waals surface area contributed by atoms with Crippen LogP contribution in [0.25, 0.3) is 11.0 Å². The predicted molar refractivity (Wildman–Crippen MR) is 91.2 cm³/mol. The van der Waals surface area contributed by atoms with Crippen molar-refractivity contribution in [2.45, 2.75) is 19.9 Å². The molecule has 0 spiro atoms. The van der Waals surface area contributed by atoms with Crippen LogP contribution in [-0.4, -0.2) is 16.5 Å². The summed E-state index contributed by atoms with van der Waals surface area (Å²) in [4.78, 5) is 18.2. The Balaban J connectivity index is 2.07. The van der Waals surface area contributed by atoms with E-state index in [-0.39, 0.29) is 11.7 Å². The van der Waals surface area contributed by atoms with Gasteiger partial charge in [-0.05, 0) is 58.7 Å². The van der Waals surface area contributed by atoms with Gasteiger partial charge < -0.3 is 15.3 Å². The molecular weight excluding hydrogens is 350 g/mol. The van der Waals surface area contributed by atoms with Gasteiger partial charge in [0.1, 0.15) is 0 Å². The zero-order valence-electron chi connectivity index (χ0n) is 11.8. The smallest absolute Gasteiger partial charge is 0.306 e. The van der Waals surface area contributed by atoms with Crippen LogP contribution in [0.15, 0.2) is 32.8 Å². The number of hydrogen-bond donors (Lipinski definition) is 3. The molecule has 0 aliphatic carbocycles. The molecule has 4 nitrogen and oxygen atoms in total. The van der Waals surface area contributed by atoms with Gasteiger partial charge in [0.15, 0.2) is 0 Å². The maximum absolute atomic E-state index is 11.4. The third-order valence-electron chi connectivity index (χ3n) is 3.44. The summed E-state index contributed by atoms with van der Waals surface area (Å²) >= 11 is 5.33. The van der Waals surface area contributed by atoms with Crippen LogP contribution in [0.1, 0.15) is 29.0 Å². The molecule has 0 aliphatic heterocycles. The minimum absolute atomic E-state index is 0.132. The molecule has 0 bridgehead atoms. The molecule has 1 atom stereocenters. The minimum atomic E-state index is -0.170. The van der Waals surface area contributed by atoms with Crippen LogP contribution >= 0.6 is 27.3 Å². The molecule has 3 rings (SSSR count). The van der Waals surface area contributed by atoms with Gasteiger partial charge in [0.25, 0.3) is 0 Å². The number of thiophene rings is 1. The van der Waals surface area contributed by atoms with E-state index >= 15 is 0 Å². The molecular formula is C15H16BrN3OS. The van der Waals surface area contributed by atoms with Crippen molar-refractivity contribution in [3.63, 3.8) is 0 Å². The van der Waals surface area contributed by atoms with Gasteiger partial charge in [0, 0.05) is 4.88 Å². The second kappa shape index (κ2) is 5.79. The highest BCUT2D eigenvalue weighted by molar-refractivity contribution is 9.11. The van der Waals surface area contributed by atoms with E-state index in [9.17, 15) is 4.79 Å². The van der Waals surface area contributed by atoms with Crippen molar-refractivity contribution in [2.24, 2.45) is 0 Å². The van der Waals surface area contributed by atoms with Crippen molar-refractivity contribution in [3.05, 3.63) is 54.5 Å². The number of nitrogens with one attached hydrogen (secondary N) is 3. The molecule has 1 unspecified atom stereocenters. The van der Waals surface area contributed by atoms with Crippen LogP contribution in [0.3, 0.4) is 0 Å². The van der Waals surface area contributed by atoms with Crippen molar-refractivity contribution < 1.29 is 0 Å². The number of fused-ring (bicyclic) bond motifs is 1. The maximum Gasteiger partial charge on any atom is 0.323 e. The monoisotopic (exact) mass is 365 g/mol. The molecule has 0 saturated heterocycles. The molecule has 3 aromatic rings. The van der Waals surface area contributed by atoms with E-state index in [4.69, 9.17) is 0 Å². The van der Waals surface area contributed by atoms with Gasteiger partial charge in [-0.3, -0.25) is 0 Å². The average Bonchev–Trinajstić information content (AvgIpc) is 2.97. The minimum Gasteiger partial charge on any atom is -0.306 e. The fourth-order valence-corrected chi connectivity index (χ4v) is 4.12. The lowest BCUT2D eigenvalue weighted by molar-refractivity contribution is 0.640. The van der Waals surface area contributed by atoms with E-state index in [1.807, 2.05) is 12.1 Å². The summed E-state index contributed by atoms with van der Waals surface area (Å²) in [6.45, 7) is 5.07. The van der Waals surface area contributed by atoms with E-state index in [1.54, 1.807) is 11.3 Å². The number of imidazole rings is 1. The van der Waals surface area contributed by atoms with Crippen LogP contribution < -0.4 is 11.0 Å². The quantitative estimate of drug-likeness (QED) is 0.660. The molecule has 1 aromatic carbocycles. The zero-order chi connectivity index (χ0) is 15.0. The zero-order valence-corrected chi connectivity index (χ0v) is 14.2. The van der Waals surface area contributed by atoms with Crippen LogP contribution in [-0.2, 0) is 0 Å². The van der Waals surface area contributed by atoms with Gasteiger partial charge in [0.05, 0.1) is 20.9 Å². The third kappa shape index (κ3) is 2.84. The molecule has 2 heterocycles. The number of rotatable bonds is 4. The highest BCUT2D eigenvalue weighted by Gasteiger charge is 2.17. The molecule has 0 radical (unpaired) electrons. The lowest BCUT2D eigenvalue weighted by Crippen LogP contribution is -2.21. The maximum atomic E-state index is 11.4. The van der Waals surface area contributed by atoms with E-state index in [1.165, 1.54) is 10.4 Å². The highest BCUT2D eigenvalue weighted by Crippen LogP contribution is 2.34. The second-order valence-corrected chi connectivity index (χ2v) is 7.38. The lowest BCUT2D eigenvalue weighted by atomic mass is 10.0. The third-order valence-corrected chi connectivity index (χ3v) is 5.64. The SMILES string of the molecule is CCNC(c1ccc2[nH]c(=O)[nH]c2c1)c1cc(C)c(Br)s1. The Morgan fingerprint density at radius 3 is 2.71 bits per heavy atom.